The van der Waals surface area contributed by atoms with Gasteiger partial charge in [-0.05, 0) is 47.4 Å². The van der Waals surface area contributed by atoms with Crippen LogP contribution in [0.2, 0.25) is 0 Å². The van der Waals surface area contributed by atoms with Crippen LogP contribution >= 0.6 is 0 Å². The minimum atomic E-state index is -4.94. The van der Waals surface area contributed by atoms with Crippen LogP contribution < -0.4 is 10.6 Å². The van der Waals surface area contributed by atoms with Gasteiger partial charge in [0.25, 0.3) is 5.91 Å². The monoisotopic (exact) mass is 634 g/mol. The van der Waals surface area contributed by atoms with Crippen molar-refractivity contribution in [3.05, 3.63) is 77.1 Å². The summed E-state index contributed by atoms with van der Waals surface area (Å²) >= 11 is 0. The van der Waals surface area contributed by atoms with Crippen molar-refractivity contribution < 1.29 is 46.2 Å². The maximum absolute atomic E-state index is 13.7. The Morgan fingerprint density at radius 2 is 1.82 bits per heavy atom. The minimum Gasteiger partial charge on any atom is -0.388 e. The van der Waals surface area contributed by atoms with Crippen molar-refractivity contribution in [2.45, 2.75) is 50.3 Å². The number of alkyl halides is 3. The molecule has 2 aromatic carbocycles. The lowest BCUT2D eigenvalue weighted by atomic mass is 9.90. The topological polar surface area (TPSA) is 137 Å². The van der Waals surface area contributed by atoms with Crippen molar-refractivity contribution in [1.29, 1.82) is 0 Å². The summed E-state index contributed by atoms with van der Waals surface area (Å²) in [6.07, 6.45) is -3.36. The molecule has 3 atom stereocenters. The van der Waals surface area contributed by atoms with E-state index in [0.29, 0.717) is 34.6 Å². The standard InChI is InChI=1S/C29H27F5N6O5/c1-15(29(32,33)34)39(11-16-5-19(30)8-20(31)6-16)25(43)14-40-26(44)28(37-27(40)45)9-23(41)21-7-17(3-4-22(21)28)18-10-36-38(12-18)13-24(42)35-2/h3-8,10,12,15,23,41H,9,11,13-14H2,1-2H3,(H,35,42)(H,37,45)/t15-,23-,28-/m0/s1. The molecule has 1 saturated heterocycles. The summed E-state index contributed by atoms with van der Waals surface area (Å²) in [7, 11) is 1.49. The Morgan fingerprint density at radius 1 is 1.13 bits per heavy atom. The summed E-state index contributed by atoms with van der Waals surface area (Å²) in [6.45, 7) is -1.31. The molecule has 0 bridgehead atoms. The number of aliphatic hydroxyl groups excluding tert-OH is 1. The number of imide groups is 1. The fourth-order valence-electron chi connectivity index (χ4n) is 5.58. The van der Waals surface area contributed by atoms with Gasteiger partial charge >= 0.3 is 12.2 Å². The lowest BCUT2D eigenvalue weighted by molar-refractivity contribution is -0.187. The first-order valence-corrected chi connectivity index (χ1v) is 13.6. The predicted octanol–water partition coefficient (Wildman–Crippen LogP) is 2.74. The van der Waals surface area contributed by atoms with Gasteiger partial charge in [-0.2, -0.15) is 18.3 Å². The lowest BCUT2D eigenvalue weighted by Crippen LogP contribution is -2.51. The first kappa shape index (κ1) is 31.6. The molecule has 0 unspecified atom stereocenters. The molecule has 1 aromatic heterocycles. The molecular formula is C29H27F5N6O5. The first-order chi connectivity index (χ1) is 21.1. The number of nitrogens with one attached hydrogen (secondary N) is 2. The number of amides is 5. The molecule has 2 aliphatic rings. The molecule has 1 fully saturated rings. The summed E-state index contributed by atoms with van der Waals surface area (Å²) in [6, 6.07) is 3.28. The number of nitrogens with zero attached hydrogens (tertiary/aromatic N) is 4. The quantitative estimate of drug-likeness (QED) is 0.258. The number of halogens is 5. The number of hydrogen-bond acceptors (Lipinski definition) is 6. The molecule has 3 N–H and O–H groups in total. The van der Waals surface area contributed by atoms with Crippen molar-refractivity contribution in [1.82, 2.24) is 30.2 Å². The van der Waals surface area contributed by atoms with Gasteiger partial charge in [-0.3, -0.25) is 24.0 Å². The van der Waals surface area contributed by atoms with Crippen LogP contribution in [0.4, 0.5) is 26.7 Å². The number of aliphatic hydroxyl groups is 1. The third kappa shape index (κ3) is 5.96. The highest BCUT2D eigenvalue weighted by molar-refractivity contribution is 6.10. The minimum absolute atomic E-state index is 0.0272. The van der Waals surface area contributed by atoms with Gasteiger partial charge in [0.2, 0.25) is 11.8 Å². The predicted molar refractivity (Wildman–Crippen MR) is 146 cm³/mol. The second kappa shape index (κ2) is 11.6. The van der Waals surface area contributed by atoms with E-state index in [9.17, 15) is 46.2 Å². The number of carbonyl (C=O) groups excluding carboxylic acids is 4. The van der Waals surface area contributed by atoms with E-state index < -0.39 is 66.4 Å². The Bertz CT molecular complexity index is 1670. The van der Waals surface area contributed by atoms with Crippen molar-refractivity contribution in [2.24, 2.45) is 0 Å². The van der Waals surface area contributed by atoms with Crippen molar-refractivity contribution in [3.63, 3.8) is 0 Å². The Morgan fingerprint density at radius 3 is 2.47 bits per heavy atom. The third-order valence-electron chi connectivity index (χ3n) is 7.93. The number of rotatable bonds is 8. The molecule has 11 nitrogen and oxygen atoms in total. The Hall–Kier alpha value is -4.86. The molecule has 5 amide bonds. The van der Waals surface area contributed by atoms with Crippen LogP contribution in [-0.4, -0.2) is 74.3 Å². The van der Waals surface area contributed by atoms with E-state index in [0.717, 1.165) is 12.1 Å². The van der Waals surface area contributed by atoms with Gasteiger partial charge in [-0.25, -0.2) is 13.6 Å². The van der Waals surface area contributed by atoms with Gasteiger partial charge in [-0.1, -0.05) is 12.1 Å². The van der Waals surface area contributed by atoms with Crippen LogP contribution in [0.15, 0.2) is 48.8 Å². The van der Waals surface area contributed by atoms with Crippen LogP contribution in [0.25, 0.3) is 11.1 Å². The first-order valence-electron chi connectivity index (χ1n) is 13.6. The fraction of sp³-hybridized carbons (Fsp3) is 0.345. The normalized spacial score (nSPS) is 19.9. The second-order valence-corrected chi connectivity index (χ2v) is 10.9. The van der Waals surface area contributed by atoms with E-state index >= 15 is 0 Å². The number of benzene rings is 2. The molecular weight excluding hydrogens is 607 g/mol. The van der Waals surface area contributed by atoms with Crippen molar-refractivity contribution in [3.8, 4) is 11.1 Å². The van der Waals surface area contributed by atoms with E-state index in [-0.39, 0.29) is 34.9 Å². The average molecular weight is 635 g/mol. The number of hydrogen-bond donors (Lipinski definition) is 3. The Labute approximate surface area is 252 Å². The smallest absolute Gasteiger partial charge is 0.388 e. The van der Waals surface area contributed by atoms with E-state index in [1.807, 2.05) is 0 Å². The van der Waals surface area contributed by atoms with E-state index in [4.69, 9.17) is 0 Å². The molecule has 2 heterocycles. The van der Waals surface area contributed by atoms with Gasteiger partial charge in [-0.15, -0.1) is 0 Å². The number of aromatic nitrogens is 2. The summed E-state index contributed by atoms with van der Waals surface area (Å²) in [5, 5.41) is 20.0. The summed E-state index contributed by atoms with van der Waals surface area (Å²) in [4.78, 5) is 52.4. The number of fused-ring (bicyclic) bond motifs is 2. The highest BCUT2D eigenvalue weighted by atomic mass is 19.4. The Balaban J connectivity index is 1.39. The summed E-state index contributed by atoms with van der Waals surface area (Å²) in [5.74, 6) is -4.65. The SMILES string of the molecule is CNC(=O)Cn1cc(-c2ccc3c(c2)[C@@H](O)C[C@]32NC(=O)N(CC(=O)N(Cc3cc(F)cc(F)c3)[C@@H](C)C(F)(F)F)C2=O)cn1. The number of urea groups is 1. The van der Waals surface area contributed by atoms with Gasteiger partial charge in [0, 0.05) is 37.8 Å². The van der Waals surface area contributed by atoms with Gasteiger partial charge in [0.05, 0.1) is 12.3 Å². The summed E-state index contributed by atoms with van der Waals surface area (Å²) in [5.41, 5.74) is -0.341. The van der Waals surface area contributed by atoms with Crippen LogP contribution in [0.1, 0.15) is 36.1 Å². The highest BCUT2D eigenvalue weighted by Gasteiger charge is 2.58. The van der Waals surface area contributed by atoms with Gasteiger partial charge in [0.15, 0.2) is 0 Å². The largest absolute Gasteiger partial charge is 0.408 e. The second-order valence-electron chi connectivity index (χ2n) is 10.9. The zero-order valence-electron chi connectivity index (χ0n) is 23.9. The molecule has 3 aromatic rings. The average Bonchev–Trinajstić information content (AvgIpc) is 3.61. The highest BCUT2D eigenvalue weighted by Crippen LogP contribution is 2.47. The van der Waals surface area contributed by atoms with Crippen molar-refractivity contribution in [2.75, 3.05) is 13.6 Å². The van der Waals surface area contributed by atoms with E-state index in [1.54, 1.807) is 18.3 Å². The maximum Gasteiger partial charge on any atom is 0.408 e. The molecule has 16 heteroatoms. The van der Waals surface area contributed by atoms with Crippen LogP contribution in [-0.2, 0) is 33.0 Å². The molecule has 238 valence electrons. The van der Waals surface area contributed by atoms with Gasteiger partial charge < -0.3 is 20.6 Å². The molecule has 1 aliphatic heterocycles. The van der Waals surface area contributed by atoms with E-state index in [2.05, 4.69) is 15.7 Å². The van der Waals surface area contributed by atoms with Gasteiger partial charge in [0.1, 0.15) is 36.3 Å². The van der Waals surface area contributed by atoms with Crippen LogP contribution in [0.5, 0.6) is 0 Å². The number of carbonyl (C=O) groups is 4. The molecule has 0 radical (unpaired) electrons. The van der Waals surface area contributed by atoms with Crippen molar-refractivity contribution >= 4 is 23.8 Å². The summed E-state index contributed by atoms with van der Waals surface area (Å²) < 4.78 is 70.0. The molecule has 5 rings (SSSR count). The maximum atomic E-state index is 13.7. The third-order valence-corrected chi connectivity index (χ3v) is 7.93. The lowest BCUT2D eigenvalue weighted by Gasteiger charge is -2.32. The number of likely N-dealkylation sites (N-methyl/N-ethyl adjacent to an activating group) is 1. The van der Waals surface area contributed by atoms with Crippen LogP contribution in [0, 0.1) is 11.6 Å². The molecule has 1 aliphatic carbocycles. The zero-order valence-corrected chi connectivity index (χ0v) is 23.9. The molecule has 0 saturated carbocycles. The van der Waals surface area contributed by atoms with Crippen LogP contribution in [0.3, 0.4) is 0 Å². The van der Waals surface area contributed by atoms with E-state index in [1.165, 1.54) is 24.0 Å². The molecule has 1 spiro atoms. The molecule has 45 heavy (non-hydrogen) atoms. The Kier molecular flexibility index (Phi) is 8.12. The fourth-order valence-corrected chi connectivity index (χ4v) is 5.58. The zero-order chi connectivity index (χ0) is 32.8.